The molecule has 0 spiro atoms. The Bertz CT molecular complexity index is 787. The highest BCUT2D eigenvalue weighted by Gasteiger charge is 2.52. The van der Waals surface area contributed by atoms with Crippen LogP contribution in [0.4, 0.5) is 11.4 Å². The summed E-state index contributed by atoms with van der Waals surface area (Å²) in [5.74, 6) is 0.556. The third-order valence-electron chi connectivity index (χ3n) is 6.48. The average Bonchev–Trinajstić information content (AvgIpc) is 3.05. The van der Waals surface area contributed by atoms with Gasteiger partial charge in [0.15, 0.2) is 0 Å². The van der Waals surface area contributed by atoms with Gasteiger partial charge in [-0.3, -0.25) is 4.48 Å². The molecule has 4 rings (SSSR count). The van der Waals surface area contributed by atoms with Crippen molar-refractivity contribution in [3.8, 4) is 0 Å². The highest BCUT2D eigenvalue weighted by molar-refractivity contribution is 5.67. The smallest absolute Gasteiger partial charge is 0.136 e. The number of quaternary nitrogens is 1. The fourth-order valence-corrected chi connectivity index (χ4v) is 5.12. The van der Waals surface area contributed by atoms with Crippen LogP contribution in [0.1, 0.15) is 42.0 Å². The first-order valence-electron chi connectivity index (χ1n) is 9.30. The molecule has 2 aromatic rings. The van der Waals surface area contributed by atoms with Gasteiger partial charge < -0.3 is 4.90 Å². The highest BCUT2D eigenvalue weighted by Crippen LogP contribution is 2.54. The summed E-state index contributed by atoms with van der Waals surface area (Å²) in [5, 5.41) is 0. The van der Waals surface area contributed by atoms with Crippen molar-refractivity contribution in [2.24, 2.45) is 0 Å². The number of anilines is 1. The Kier molecular flexibility index (Phi) is 3.50. The van der Waals surface area contributed by atoms with Gasteiger partial charge in [0.1, 0.15) is 11.7 Å². The Balaban J connectivity index is 1.89. The average molecular weight is 321 g/mol. The largest absolute Gasteiger partial charge is 0.372 e. The molecule has 24 heavy (non-hydrogen) atoms. The van der Waals surface area contributed by atoms with Crippen molar-refractivity contribution >= 4 is 11.4 Å². The highest BCUT2D eigenvalue weighted by atomic mass is 15.4. The molecular formula is C22H29N2+. The summed E-state index contributed by atoms with van der Waals surface area (Å²) in [5.41, 5.74) is 9.10. The summed E-state index contributed by atoms with van der Waals surface area (Å²) >= 11 is 0. The second-order valence-corrected chi connectivity index (χ2v) is 7.85. The predicted octanol–water partition coefficient (Wildman–Crippen LogP) is 4.48. The number of benzene rings is 2. The Morgan fingerprint density at radius 3 is 2.46 bits per heavy atom. The van der Waals surface area contributed by atoms with E-state index < -0.39 is 0 Å². The van der Waals surface area contributed by atoms with Crippen molar-refractivity contribution in [1.29, 1.82) is 0 Å². The van der Waals surface area contributed by atoms with Crippen LogP contribution < -0.4 is 9.38 Å². The number of fused-ring (bicyclic) bond motifs is 5. The van der Waals surface area contributed by atoms with Gasteiger partial charge in [0.05, 0.1) is 20.0 Å². The number of likely N-dealkylation sites (N-methyl/N-ethyl adjacent to an activating group) is 1. The minimum Gasteiger partial charge on any atom is -0.372 e. The lowest BCUT2D eigenvalue weighted by Crippen LogP contribution is -2.47. The molecular weight excluding hydrogens is 292 g/mol. The molecule has 126 valence electrons. The molecule has 2 aliphatic rings. The second kappa shape index (κ2) is 5.35. The van der Waals surface area contributed by atoms with Crippen LogP contribution in [0.5, 0.6) is 0 Å². The van der Waals surface area contributed by atoms with Gasteiger partial charge in [0.2, 0.25) is 0 Å². The lowest BCUT2D eigenvalue weighted by molar-refractivity contribution is 0.311. The van der Waals surface area contributed by atoms with Crippen LogP contribution in [0.3, 0.4) is 0 Å². The SMILES string of the molecule is CCN(CC)c1cc(C)c2c(c1)[C@@H]1c3ccccc3[N+](C)(C)[C@@H]1C2. The van der Waals surface area contributed by atoms with Gasteiger partial charge in [0, 0.05) is 30.8 Å². The lowest BCUT2D eigenvalue weighted by Gasteiger charge is -2.31. The molecule has 0 saturated heterocycles. The summed E-state index contributed by atoms with van der Waals surface area (Å²) in [6.45, 7) is 8.94. The van der Waals surface area contributed by atoms with Gasteiger partial charge in [-0.15, -0.1) is 0 Å². The molecule has 2 aromatic carbocycles. The minimum absolute atomic E-state index is 0.556. The zero-order valence-corrected chi connectivity index (χ0v) is 15.6. The lowest BCUT2D eigenvalue weighted by atomic mass is 9.91. The molecule has 0 amide bonds. The maximum absolute atomic E-state index is 2.49. The van der Waals surface area contributed by atoms with E-state index >= 15 is 0 Å². The molecule has 0 radical (unpaired) electrons. The molecule has 1 aliphatic carbocycles. The van der Waals surface area contributed by atoms with Gasteiger partial charge in [-0.05, 0) is 55.7 Å². The second-order valence-electron chi connectivity index (χ2n) is 7.85. The molecule has 0 saturated carbocycles. The third kappa shape index (κ3) is 1.99. The standard InChI is InChI=1S/C22H29N2/c1-6-23(7-2)16-12-15(3)18-14-21-22(19(18)13-16)17-10-8-9-11-20(17)24(21,4)5/h8-13,21-22H,6-7,14H2,1-5H3/q+1/t21-,22+/m1/s1. The molecule has 0 aromatic heterocycles. The maximum Gasteiger partial charge on any atom is 0.136 e. The first kappa shape index (κ1) is 15.7. The fourth-order valence-electron chi connectivity index (χ4n) is 5.12. The number of aryl methyl sites for hydroxylation is 1. The zero-order chi connectivity index (χ0) is 17.1. The van der Waals surface area contributed by atoms with Crippen LogP contribution in [0.25, 0.3) is 0 Å². The molecule has 2 nitrogen and oxygen atoms in total. The van der Waals surface area contributed by atoms with Crippen molar-refractivity contribution in [3.05, 3.63) is 58.7 Å². The molecule has 0 fully saturated rings. The molecule has 0 N–H and O–H groups in total. The van der Waals surface area contributed by atoms with Crippen molar-refractivity contribution in [2.45, 2.75) is 39.2 Å². The van der Waals surface area contributed by atoms with Gasteiger partial charge in [-0.2, -0.15) is 0 Å². The van der Waals surface area contributed by atoms with E-state index in [1.165, 1.54) is 23.4 Å². The van der Waals surface area contributed by atoms with Crippen LogP contribution >= 0.6 is 0 Å². The topological polar surface area (TPSA) is 3.24 Å². The molecule has 0 bridgehead atoms. The van der Waals surface area contributed by atoms with Crippen LogP contribution in [0.15, 0.2) is 36.4 Å². The van der Waals surface area contributed by atoms with Gasteiger partial charge in [-0.1, -0.05) is 18.2 Å². The van der Waals surface area contributed by atoms with E-state index in [0.717, 1.165) is 17.6 Å². The number of nitrogens with zero attached hydrogens (tertiary/aromatic N) is 2. The molecule has 1 heterocycles. The Hall–Kier alpha value is -1.80. The molecule has 2 atom stereocenters. The molecule has 1 aliphatic heterocycles. The van der Waals surface area contributed by atoms with Crippen LogP contribution in [-0.4, -0.2) is 33.2 Å². The molecule has 0 unspecified atom stereocenters. The van der Waals surface area contributed by atoms with E-state index in [2.05, 4.69) is 76.2 Å². The Morgan fingerprint density at radius 2 is 1.75 bits per heavy atom. The van der Waals surface area contributed by atoms with E-state index in [9.17, 15) is 0 Å². The van der Waals surface area contributed by atoms with E-state index in [-0.39, 0.29) is 0 Å². The Morgan fingerprint density at radius 1 is 1.04 bits per heavy atom. The predicted molar refractivity (Wildman–Crippen MR) is 104 cm³/mol. The van der Waals surface area contributed by atoms with Crippen molar-refractivity contribution in [2.75, 3.05) is 32.1 Å². The van der Waals surface area contributed by atoms with Crippen LogP contribution in [0.2, 0.25) is 0 Å². The van der Waals surface area contributed by atoms with Crippen molar-refractivity contribution < 1.29 is 0 Å². The Labute approximate surface area is 146 Å². The third-order valence-corrected chi connectivity index (χ3v) is 6.48. The fraction of sp³-hybridized carbons (Fsp3) is 0.455. The van der Waals surface area contributed by atoms with Gasteiger partial charge in [0.25, 0.3) is 0 Å². The summed E-state index contributed by atoms with van der Waals surface area (Å²) in [6, 6.07) is 14.6. The van der Waals surface area contributed by atoms with E-state index in [1.54, 1.807) is 16.7 Å². The van der Waals surface area contributed by atoms with E-state index in [0.29, 0.717) is 12.0 Å². The number of hydrogen-bond acceptors (Lipinski definition) is 1. The summed E-state index contributed by atoms with van der Waals surface area (Å²) < 4.78 is 1.01. The van der Waals surface area contributed by atoms with Crippen LogP contribution in [0, 0.1) is 6.92 Å². The van der Waals surface area contributed by atoms with Crippen molar-refractivity contribution in [1.82, 2.24) is 4.48 Å². The summed E-state index contributed by atoms with van der Waals surface area (Å²) in [7, 11) is 4.77. The summed E-state index contributed by atoms with van der Waals surface area (Å²) in [4.78, 5) is 2.47. The number of para-hydroxylation sites is 1. The minimum atomic E-state index is 0.556. The number of hydrogen-bond donors (Lipinski definition) is 0. The van der Waals surface area contributed by atoms with Gasteiger partial charge >= 0.3 is 0 Å². The maximum atomic E-state index is 2.49. The number of rotatable bonds is 3. The molecule has 2 heteroatoms. The first-order chi connectivity index (χ1) is 11.5. The van der Waals surface area contributed by atoms with E-state index in [4.69, 9.17) is 0 Å². The first-order valence-corrected chi connectivity index (χ1v) is 9.30. The normalized spacial score (nSPS) is 22.9. The van der Waals surface area contributed by atoms with E-state index in [1.807, 2.05) is 0 Å². The zero-order valence-electron chi connectivity index (χ0n) is 15.6. The van der Waals surface area contributed by atoms with Crippen LogP contribution in [-0.2, 0) is 6.42 Å². The van der Waals surface area contributed by atoms with Crippen molar-refractivity contribution in [3.63, 3.8) is 0 Å². The monoisotopic (exact) mass is 321 g/mol. The summed E-state index contributed by atoms with van der Waals surface area (Å²) in [6.07, 6.45) is 1.20. The van der Waals surface area contributed by atoms with Gasteiger partial charge in [-0.25, -0.2) is 0 Å². The quantitative estimate of drug-likeness (QED) is 0.754.